The highest BCUT2D eigenvalue weighted by molar-refractivity contribution is 5.66. The van der Waals surface area contributed by atoms with Gasteiger partial charge in [-0.05, 0) is 6.42 Å². The van der Waals surface area contributed by atoms with Crippen molar-refractivity contribution in [2.75, 3.05) is 0 Å². The van der Waals surface area contributed by atoms with Gasteiger partial charge in [0, 0.05) is 6.42 Å². The quantitative estimate of drug-likeness (QED) is 0.188. The molecule has 0 aliphatic heterocycles. The van der Waals surface area contributed by atoms with E-state index in [2.05, 4.69) is 12.7 Å². The predicted octanol–water partition coefficient (Wildman–Crippen LogP) is 5.88. The first kappa shape index (κ1) is 24.2. The van der Waals surface area contributed by atoms with Gasteiger partial charge in [-0.3, -0.25) is 10.2 Å². The third-order valence-electron chi connectivity index (χ3n) is 3.99. The van der Waals surface area contributed by atoms with E-state index in [4.69, 9.17) is 10.5 Å². The van der Waals surface area contributed by atoms with Crippen molar-refractivity contribution in [3.8, 4) is 0 Å². The zero-order valence-electron chi connectivity index (χ0n) is 15.3. The van der Waals surface area contributed by atoms with Crippen LogP contribution in [0.4, 0.5) is 0 Å². The molecule has 0 aromatic rings. The first-order chi connectivity index (χ1) is 11.2. The summed E-state index contributed by atoms with van der Waals surface area (Å²) in [7, 11) is 0. The van der Waals surface area contributed by atoms with E-state index in [0.717, 1.165) is 19.2 Å². The summed E-state index contributed by atoms with van der Waals surface area (Å²) in [6, 6.07) is 0. The van der Waals surface area contributed by atoms with Crippen LogP contribution in [0, 0.1) is 5.41 Å². The summed E-state index contributed by atoms with van der Waals surface area (Å²) in [6.07, 6.45) is 20.9. The number of carboxylic acids is 1. The molecule has 4 N–H and O–H groups in total. The summed E-state index contributed by atoms with van der Waals surface area (Å²) in [6.45, 7) is 2.27. The molecule has 0 amide bonds. The maximum Gasteiger partial charge on any atom is 0.303 e. The topological polar surface area (TPSA) is 87.2 Å². The minimum absolute atomic E-state index is 0.345. The molecule has 4 heteroatoms. The zero-order chi connectivity index (χ0) is 17.6. The van der Waals surface area contributed by atoms with Gasteiger partial charge < -0.3 is 10.8 Å². The van der Waals surface area contributed by atoms with E-state index < -0.39 is 5.97 Å². The van der Waals surface area contributed by atoms with Crippen molar-refractivity contribution in [3.63, 3.8) is 0 Å². The molecule has 4 nitrogen and oxygen atoms in total. The van der Waals surface area contributed by atoms with E-state index in [1.165, 1.54) is 83.5 Å². The minimum atomic E-state index is -0.653. The number of nitrogens with two attached hydrogens (primary N) is 1. The van der Waals surface area contributed by atoms with Crippen LogP contribution in [0.3, 0.4) is 0 Å². The number of hydrogen-bond donors (Lipinski definition) is 3. The average molecular weight is 329 g/mol. The molecule has 0 saturated heterocycles. The lowest BCUT2D eigenvalue weighted by Gasteiger charge is -2.03. The molecule has 138 valence electrons. The molecule has 0 heterocycles. The molecule has 23 heavy (non-hydrogen) atoms. The van der Waals surface area contributed by atoms with E-state index in [9.17, 15) is 4.79 Å². The standard InChI is InChI=1S/C18H36O2.CH4N2/c1-2-3-4-5-6-7-8-9-10-11-12-13-14-15-16-17-18(19)20;2-1-3/h2-17H2,1H3,(H,19,20);1H,(H3,2,3). The normalized spacial score (nSPS) is 9.96. The number of carboxylic acid groups (broad SMARTS) is 1. The maximum absolute atomic E-state index is 10.3. The molecule has 0 aromatic heterocycles. The second-order valence-corrected chi connectivity index (χ2v) is 6.26. The summed E-state index contributed by atoms with van der Waals surface area (Å²) in [5.41, 5.74) is 4.39. The average Bonchev–Trinajstić information content (AvgIpc) is 2.51. The van der Waals surface area contributed by atoms with Gasteiger partial charge in [0.1, 0.15) is 0 Å². The van der Waals surface area contributed by atoms with Crippen molar-refractivity contribution in [1.29, 1.82) is 5.41 Å². The van der Waals surface area contributed by atoms with E-state index in [0.29, 0.717) is 6.42 Å². The molecule has 0 bridgehead atoms. The molecule has 0 spiro atoms. The summed E-state index contributed by atoms with van der Waals surface area (Å²) in [4.78, 5) is 10.3. The molecule has 0 rings (SSSR count). The van der Waals surface area contributed by atoms with Gasteiger partial charge in [-0.15, -0.1) is 0 Å². The Morgan fingerprint density at radius 3 is 1.30 bits per heavy atom. The number of carbonyl (C=O) groups is 1. The molecular weight excluding hydrogens is 288 g/mol. The van der Waals surface area contributed by atoms with Crippen molar-refractivity contribution < 1.29 is 9.90 Å². The van der Waals surface area contributed by atoms with Gasteiger partial charge in [0.25, 0.3) is 0 Å². The number of unbranched alkanes of at least 4 members (excludes halogenated alkanes) is 14. The number of hydrogen-bond acceptors (Lipinski definition) is 2. The van der Waals surface area contributed by atoms with Gasteiger partial charge in [-0.1, -0.05) is 96.8 Å². The van der Waals surface area contributed by atoms with Gasteiger partial charge in [-0.2, -0.15) is 0 Å². The predicted molar refractivity (Wildman–Crippen MR) is 100 cm³/mol. The Hall–Kier alpha value is -1.06. The van der Waals surface area contributed by atoms with Crippen LogP contribution in [0.2, 0.25) is 0 Å². The number of nitrogens with one attached hydrogen (secondary N) is 1. The first-order valence-corrected chi connectivity index (χ1v) is 9.61. The second-order valence-electron chi connectivity index (χ2n) is 6.26. The Balaban J connectivity index is 0. The van der Waals surface area contributed by atoms with Crippen LogP contribution in [-0.2, 0) is 4.79 Å². The highest BCUT2D eigenvalue weighted by atomic mass is 16.4. The van der Waals surface area contributed by atoms with Gasteiger partial charge in [-0.25, -0.2) is 0 Å². The monoisotopic (exact) mass is 328 g/mol. The molecule has 0 fully saturated rings. The molecule has 0 unspecified atom stereocenters. The van der Waals surface area contributed by atoms with Gasteiger partial charge >= 0.3 is 5.97 Å². The first-order valence-electron chi connectivity index (χ1n) is 9.61. The van der Waals surface area contributed by atoms with Crippen LogP contribution >= 0.6 is 0 Å². The molecule has 0 aliphatic carbocycles. The molecular formula is C19H40N2O2. The second kappa shape index (κ2) is 23.2. The van der Waals surface area contributed by atoms with Crippen LogP contribution in [-0.4, -0.2) is 17.4 Å². The molecule has 0 radical (unpaired) electrons. The van der Waals surface area contributed by atoms with Crippen LogP contribution in [0.15, 0.2) is 0 Å². The molecule has 0 atom stereocenters. The smallest absolute Gasteiger partial charge is 0.303 e. The fraction of sp³-hybridized carbons (Fsp3) is 0.895. The van der Waals surface area contributed by atoms with Crippen LogP contribution in [0.25, 0.3) is 0 Å². The largest absolute Gasteiger partial charge is 0.481 e. The fourth-order valence-electron chi connectivity index (χ4n) is 2.65. The summed E-state index contributed by atoms with van der Waals surface area (Å²) in [5.74, 6) is -0.653. The SMILES string of the molecule is CCCCCCCCCCCCCCCCCC(=O)O.N=CN. The Labute approximate surface area is 143 Å². The van der Waals surface area contributed by atoms with Crippen LogP contribution in [0.1, 0.15) is 110 Å². The van der Waals surface area contributed by atoms with Gasteiger partial charge in [0.15, 0.2) is 0 Å². The van der Waals surface area contributed by atoms with Crippen LogP contribution < -0.4 is 5.73 Å². The molecule has 0 saturated carbocycles. The van der Waals surface area contributed by atoms with Crippen molar-refractivity contribution in [1.82, 2.24) is 0 Å². The van der Waals surface area contributed by atoms with Crippen molar-refractivity contribution in [2.45, 2.75) is 110 Å². The van der Waals surface area contributed by atoms with Crippen molar-refractivity contribution in [2.24, 2.45) is 5.73 Å². The Morgan fingerprint density at radius 1 is 0.783 bits per heavy atom. The van der Waals surface area contributed by atoms with E-state index in [1.807, 2.05) is 0 Å². The van der Waals surface area contributed by atoms with Gasteiger partial charge in [0.05, 0.1) is 6.34 Å². The lowest BCUT2D eigenvalue weighted by molar-refractivity contribution is -0.137. The number of rotatable bonds is 16. The maximum atomic E-state index is 10.3. The van der Waals surface area contributed by atoms with Crippen LogP contribution in [0.5, 0.6) is 0 Å². The zero-order valence-corrected chi connectivity index (χ0v) is 15.3. The third-order valence-corrected chi connectivity index (χ3v) is 3.99. The van der Waals surface area contributed by atoms with Gasteiger partial charge in [0.2, 0.25) is 0 Å². The highest BCUT2D eigenvalue weighted by Crippen LogP contribution is 2.13. The van der Waals surface area contributed by atoms with Crippen molar-refractivity contribution >= 4 is 12.3 Å². The Kier molecular flexibility index (Phi) is 24.4. The van der Waals surface area contributed by atoms with E-state index in [1.54, 1.807) is 0 Å². The van der Waals surface area contributed by atoms with E-state index >= 15 is 0 Å². The molecule has 0 aliphatic rings. The van der Waals surface area contributed by atoms with Crippen molar-refractivity contribution in [3.05, 3.63) is 0 Å². The number of aliphatic carboxylic acids is 1. The van der Waals surface area contributed by atoms with E-state index in [-0.39, 0.29) is 0 Å². The third kappa shape index (κ3) is 29.6. The molecule has 0 aromatic carbocycles. The lowest BCUT2D eigenvalue weighted by Crippen LogP contribution is -1.93. The minimum Gasteiger partial charge on any atom is -0.481 e. The Morgan fingerprint density at radius 2 is 1.04 bits per heavy atom. The Bertz CT molecular complexity index is 246. The summed E-state index contributed by atoms with van der Waals surface area (Å²) in [5, 5.41) is 14.4. The highest BCUT2D eigenvalue weighted by Gasteiger charge is 1.97. The fourth-order valence-corrected chi connectivity index (χ4v) is 2.65. The summed E-state index contributed by atoms with van der Waals surface area (Å²) < 4.78 is 0. The lowest BCUT2D eigenvalue weighted by atomic mass is 10.0. The summed E-state index contributed by atoms with van der Waals surface area (Å²) >= 11 is 0.